The first-order valence-corrected chi connectivity index (χ1v) is 13.2. The number of nitrogens with zero attached hydrogens (tertiary/aromatic N) is 1. The van der Waals surface area contributed by atoms with Crippen LogP contribution in [0.4, 0.5) is 11.4 Å². The Kier molecular flexibility index (Phi) is 7.53. The standard InChI is InChI=1S/C25H31N3O5S/c1-33-23-12-11-20(34(31,32)28-14-6-2-3-7-15-28)17-22(23)26-24(29)13-10-19-16-18-8-4-5-9-21(18)27-25(19)30/h4-5,8-9,11-12,17,19H,2-3,6-7,10,13-16H2,1H3,(H,26,29)(H,27,30)/t19-/m0/s1. The molecule has 0 spiro atoms. The van der Waals surface area contributed by atoms with Crippen LogP contribution in [-0.2, 0) is 26.0 Å². The van der Waals surface area contributed by atoms with Crippen LogP contribution in [0.25, 0.3) is 0 Å². The topological polar surface area (TPSA) is 105 Å². The Hall–Kier alpha value is -2.91. The lowest BCUT2D eigenvalue weighted by Crippen LogP contribution is -2.32. The summed E-state index contributed by atoms with van der Waals surface area (Å²) in [6, 6.07) is 12.2. The summed E-state index contributed by atoms with van der Waals surface area (Å²) in [6.45, 7) is 1.01. The molecule has 0 bridgehead atoms. The third kappa shape index (κ3) is 5.42. The zero-order valence-electron chi connectivity index (χ0n) is 19.4. The second-order valence-electron chi connectivity index (χ2n) is 8.81. The first-order chi connectivity index (χ1) is 16.4. The predicted molar refractivity (Wildman–Crippen MR) is 130 cm³/mol. The molecule has 1 saturated heterocycles. The van der Waals surface area contributed by atoms with Gasteiger partial charge in [-0.1, -0.05) is 31.0 Å². The number of rotatable bonds is 7. The van der Waals surface area contributed by atoms with E-state index in [4.69, 9.17) is 4.74 Å². The molecule has 2 N–H and O–H groups in total. The van der Waals surface area contributed by atoms with Crippen LogP contribution in [0.1, 0.15) is 44.1 Å². The number of nitrogens with one attached hydrogen (secondary N) is 2. The number of hydrogen-bond donors (Lipinski definition) is 2. The third-order valence-electron chi connectivity index (χ3n) is 6.48. The van der Waals surface area contributed by atoms with Crippen molar-refractivity contribution in [2.24, 2.45) is 5.92 Å². The van der Waals surface area contributed by atoms with Gasteiger partial charge in [0, 0.05) is 31.1 Å². The fourth-order valence-corrected chi connectivity index (χ4v) is 6.08. The lowest BCUT2D eigenvalue weighted by Gasteiger charge is -2.24. The van der Waals surface area contributed by atoms with Gasteiger partial charge in [0.1, 0.15) is 5.75 Å². The minimum atomic E-state index is -3.66. The minimum Gasteiger partial charge on any atom is -0.495 e. The van der Waals surface area contributed by atoms with E-state index in [9.17, 15) is 18.0 Å². The summed E-state index contributed by atoms with van der Waals surface area (Å²) in [4.78, 5) is 25.3. The monoisotopic (exact) mass is 485 g/mol. The maximum absolute atomic E-state index is 13.2. The fourth-order valence-electron chi connectivity index (χ4n) is 4.54. The molecule has 2 aliphatic rings. The minimum absolute atomic E-state index is 0.0883. The Balaban J connectivity index is 1.43. The lowest BCUT2D eigenvalue weighted by molar-refractivity contribution is -0.121. The molecule has 8 nitrogen and oxygen atoms in total. The van der Waals surface area contributed by atoms with Gasteiger partial charge in [-0.05, 0) is 55.5 Å². The molecule has 0 saturated carbocycles. The maximum Gasteiger partial charge on any atom is 0.243 e. The summed E-state index contributed by atoms with van der Waals surface area (Å²) in [5.41, 5.74) is 2.18. The summed E-state index contributed by atoms with van der Waals surface area (Å²) in [6.07, 6.45) is 4.85. The summed E-state index contributed by atoms with van der Waals surface area (Å²) in [7, 11) is -2.19. The zero-order chi connectivity index (χ0) is 24.1. The van der Waals surface area contributed by atoms with Gasteiger partial charge in [0.25, 0.3) is 0 Å². The molecule has 2 aromatic rings. The molecule has 0 unspecified atom stereocenters. The number of ether oxygens (including phenoxy) is 1. The van der Waals surface area contributed by atoms with E-state index in [1.807, 2.05) is 24.3 Å². The summed E-state index contributed by atoms with van der Waals surface area (Å²) in [5.74, 6) is -0.298. The molecule has 182 valence electrons. The maximum atomic E-state index is 13.2. The van der Waals surface area contributed by atoms with Gasteiger partial charge in [-0.25, -0.2) is 8.42 Å². The van der Waals surface area contributed by atoms with Gasteiger partial charge >= 0.3 is 0 Å². The quantitative estimate of drug-likeness (QED) is 0.621. The number of anilines is 2. The molecule has 1 atom stereocenters. The average molecular weight is 486 g/mol. The van der Waals surface area contributed by atoms with Crippen LogP contribution < -0.4 is 15.4 Å². The van der Waals surface area contributed by atoms with Gasteiger partial charge in [0.05, 0.1) is 17.7 Å². The van der Waals surface area contributed by atoms with E-state index in [-0.39, 0.29) is 29.0 Å². The first-order valence-electron chi connectivity index (χ1n) is 11.8. The van der Waals surface area contributed by atoms with Crippen molar-refractivity contribution in [1.82, 2.24) is 4.31 Å². The van der Waals surface area contributed by atoms with Gasteiger partial charge < -0.3 is 15.4 Å². The second kappa shape index (κ2) is 10.6. The highest BCUT2D eigenvalue weighted by molar-refractivity contribution is 7.89. The van der Waals surface area contributed by atoms with Crippen molar-refractivity contribution >= 4 is 33.2 Å². The molecule has 2 heterocycles. The first kappa shape index (κ1) is 24.2. The van der Waals surface area contributed by atoms with Crippen molar-refractivity contribution in [3.05, 3.63) is 48.0 Å². The van der Waals surface area contributed by atoms with E-state index >= 15 is 0 Å². The van der Waals surface area contributed by atoms with Crippen LogP contribution >= 0.6 is 0 Å². The Morgan fingerprint density at radius 1 is 1.12 bits per heavy atom. The highest BCUT2D eigenvalue weighted by atomic mass is 32.2. The average Bonchev–Trinajstić information content (AvgIpc) is 3.13. The molecule has 4 rings (SSSR count). The number of carbonyl (C=O) groups excluding carboxylic acids is 2. The zero-order valence-corrected chi connectivity index (χ0v) is 20.2. The Morgan fingerprint density at radius 2 is 1.85 bits per heavy atom. The van der Waals surface area contributed by atoms with Gasteiger partial charge in [-0.2, -0.15) is 4.31 Å². The number of sulfonamides is 1. The van der Waals surface area contributed by atoms with Crippen LogP contribution in [0, 0.1) is 5.92 Å². The largest absolute Gasteiger partial charge is 0.495 e. The van der Waals surface area contributed by atoms with Gasteiger partial charge in [0.15, 0.2) is 0 Å². The number of amides is 2. The molecule has 0 aliphatic carbocycles. The summed E-state index contributed by atoms with van der Waals surface area (Å²) in [5, 5.41) is 5.68. The normalized spacial score (nSPS) is 19.0. The number of para-hydroxylation sites is 1. The van der Waals surface area contributed by atoms with Crippen molar-refractivity contribution in [3.63, 3.8) is 0 Å². The van der Waals surface area contributed by atoms with Crippen molar-refractivity contribution in [3.8, 4) is 5.75 Å². The molecule has 2 amide bonds. The molecule has 0 aromatic heterocycles. The highest BCUT2D eigenvalue weighted by Crippen LogP contribution is 2.31. The summed E-state index contributed by atoms with van der Waals surface area (Å²) >= 11 is 0. The van der Waals surface area contributed by atoms with Crippen LogP contribution in [0.3, 0.4) is 0 Å². The predicted octanol–water partition coefficient (Wildman–Crippen LogP) is 3.79. The van der Waals surface area contributed by atoms with E-state index in [2.05, 4.69) is 10.6 Å². The molecule has 2 aromatic carbocycles. The molecular formula is C25H31N3O5S. The van der Waals surface area contributed by atoms with Crippen LogP contribution in [0.15, 0.2) is 47.4 Å². The van der Waals surface area contributed by atoms with Crippen molar-refractivity contribution in [2.45, 2.75) is 49.8 Å². The Morgan fingerprint density at radius 3 is 2.59 bits per heavy atom. The molecule has 1 fully saturated rings. The summed E-state index contributed by atoms with van der Waals surface area (Å²) < 4.78 is 33.2. The number of carbonyl (C=O) groups is 2. The van der Waals surface area contributed by atoms with Crippen LogP contribution in [0.5, 0.6) is 5.75 Å². The second-order valence-corrected chi connectivity index (χ2v) is 10.8. The molecule has 2 aliphatic heterocycles. The van der Waals surface area contributed by atoms with Gasteiger partial charge in [-0.3, -0.25) is 9.59 Å². The van der Waals surface area contributed by atoms with E-state index in [1.54, 1.807) is 6.07 Å². The van der Waals surface area contributed by atoms with Crippen molar-refractivity contribution in [1.29, 1.82) is 0 Å². The van der Waals surface area contributed by atoms with E-state index in [1.165, 1.54) is 23.5 Å². The van der Waals surface area contributed by atoms with E-state index < -0.39 is 10.0 Å². The number of methoxy groups -OCH3 is 1. The van der Waals surface area contributed by atoms with Gasteiger partial charge in [-0.15, -0.1) is 0 Å². The molecular weight excluding hydrogens is 454 g/mol. The fraction of sp³-hybridized carbons (Fsp3) is 0.440. The number of hydrogen-bond acceptors (Lipinski definition) is 5. The van der Waals surface area contributed by atoms with E-state index in [0.717, 1.165) is 36.9 Å². The van der Waals surface area contributed by atoms with Gasteiger partial charge in [0.2, 0.25) is 21.8 Å². The van der Waals surface area contributed by atoms with Crippen molar-refractivity contribution in [2.75, 3.05) is 30.8 Å². The molecule has 34 heavy (non-hydrogen) atoms. The molecule has 9 heteroatoms. The number of fused-ring (bicyclic) bond motifs is 1. The van der Waals surface area contributed by atoms with Crippen LogP contribution in [-0.4, -0.2) is 44.7 Å². The Bertz CT molecular complexity index is 1160. The highest BCUT2D eigenvalue weighted by Gasteiger charge is 2.28. The van der Waals surface area contributed by atoms with E-state index in [0.29, 0.717) is 37.4 Å². The third-order valence-corrected chi connectivity index (χ3v) is 8.37. The molecule has 0 radical (unpaired) electrons. The Labute approximate surface area is 200 Å². The lowest BCUT2D eigenvalue weighted by atomic mass is 9.89. The number of benzene rings is 2. The van der Waals surface area contributed by atoms with Crippen molar-refractivity contribution < 1.29 is 22.7 Å². The van der Waals surface area contributed by atoms with Crippen LogP contribution in [0.2, 0.25) is 0 Å². The SMILES string of the molecule is COc1ccc(S(=O)(=O)N2CCCCCC2)cc1NC(=O)CC[C@H]1Cc2ccccc2NC1=O. The smallest absolute Gasteiger partial charge is 0.243 e.